The van der Waals surface area contributed by atoms with Gasteiger partial charge in [-0.05, 0) is 41.9 Å². The number of piperidine rings is 1. The molecule has 3 fully saturated rings. The number of likely N-dealkylation sites (tertiary alicyclic amines) is 2. The van der Waals surface area contributed by atoms with Crippen LogP contribution in [0, 0.1) is 17.8 Å². The Morgan fingerprint density at radius 3 is 2.61 bits per heavy atom. The molecule has 1 aromatic heterocycles. The lowest BCUT2D eigenvalue weighted by molar-refractivity contribution is -0.274. The van der Waals surface area contributed by atoms with E-state index in [0.717, 1.165) is 13.1 Å². The van der Waals surface area contributed by atoms with Crippen molar-refractivity contribution >= 4 is 12.0 Å². The van der Waals surface area contributed by atoms with Crippen LogP contribution in [-0.2, 0) is 18.4 Å². The number of aromatic nitrogens is 2. The van der Waals surface area contributed by atoms with E-state index in [1.165, 1.54) is 29.4 Å². The summed E-state index contributed by atoms with van der Waals surface area (Å²) in [6.07, 6.45) is -2.26. The summed E-state index contributed by atoms with van der Waals surface area (Å²) in [5, 5.41) is 9.67. The Bertz CT molecular complexity index is 1160. The van der Waals surface area contributed by atoms with Crippen LogP contribution in [-0.4, -0.2) is 93.1 Å². The van der Waals surface area contributed by atoms with Crippen molar-refractivity contribution in [3.05, 3.63) is 42.4 Å². The molecule has 0 spiro atoms. The predicted octanol–water partition coefficient (Wildman–Crippen LogP) is 2.09. The number of alkyl halides is 3. The lowest BCUT2D eigenvalue weighted by Gasteiger charge is -2.25. The molecular weight excluding hydrogens is 507 g/mol. The lowest BCUT2D eigenvalue weighted by Crippen LogP contribution is -2.41. The summed E-state index contributed by atoms with van der Waals surface area (Å²) >= 11 is 0. The SMILES string of the molecule is Cn1cnc(OC(=O)N(Cc2cccc(OC(F)(F)F)c2)CC2C3CN(CC(=O)N4CCC(O)C4)CC32)c1. The molecule has 1 aromatic carbocycles. The van der Waals surface area contributed by atoms with Crippen LogP contribution in [0.15, 0.2) is 36.8 Å². The Kier molecular flexibility index (Phi) is 7.23. The maximum atomic E-state index is 13.1. The van der Waals surface area contributed by atoms with Gasteiger partial charge in [0.25, 0.3) is 0 Å². The average Bonchev–Trinajstić information content (AvgIpc) is 3.26. The molecule has 10 nitrogen and oxygen atoms in total. The minimum atomic E-state index is -4.82. The monoisotopic (exact) mass is 537 g/mol. The predicted molar refractivity (Wildman–Crippen MR) is 127 cm³/mol. The number of aliphatic hydroxyl groups is 1. The first-order chi connectivity index (χ1) is 18.0. The van der Waals surface area contributed by atoms with Crippen molar-refractivity contribution in [2.75, 3.05) is 39.3 Å². The first-order valence-corrected chi connectivity index (χ1v) is 12.5. The van der Waals surface area contributed by atoms with E-state index >= 15 is 0 Å². The molecule has 13 heteroatoms. The molecule has 1 saturated carbocycles. The van der Waals surface area contributed by atoms with Gasteiger partial charge >= 0.3 is 12.5 Å². The Balaban J connectivity index is 1.20. The minimum absolute atomic E-state index is 0.0147. The highest BCUT2D eigenvalue weighted by Gasteiger charge is 2.56. The fourth-order valence-electron chi connectivity index (χ4n) is 5.51. The van der Waals surface area contributed by atoms with Gasteiger partial charge in [0.05, 0.1) is 25.2 Å². The molecule has 2 saturated heterocycles. The van der Waals surface area contributed by atoms with Crippen molar-refractivity contribution < 1.29 is 37.3 Å². The Morgan fingerprint density at radius 1 is 1.21 bits per heavy atom. The number of amides is 2. The fourth-order valence-corrected chi connectivity index (χ4v) is 5.51. The highest BCUT2D eigenvalue weighted by Crippen LogP contribution is 2.52. The number of rotatable bonds is 8. The highest BCUT2D eigenvalue weighted by atomic mass is 19.4. The van der Waals surface area contributed by atoms with Crippen LogP contribution >= 0.6 is 0 Å². The second-order valence-electron chi connectivity index (χ2n) is 10.3. The first kappa shape index (κ1) is 26.3. The number of carbonyl (C=O) groups is 2. The van der Waals surface area contributed by atoms with Gasteiger partial charge in [-0.15, -0.1) is 13.2 Å². The molecule has 0 bridgehead atoms. The van der Waals surface area contributed by atoms with Crippen molar-refractivity contribution in [2.45, 2.75) is 25.4 Å². The number of imidazole rings is 1. The number of benzene rings is 1. The second-order valence-corrected chi connectivity index (χ2v) is 10.3. The molecule has 2 aromatic rings. The summed E-state index contributed by atoms with van der Waals surface area (Å²) in [6.45, 7) is 3.13. The van der Waals surface area contributed by atoms with E-state index in [4.69, 9.17) is 4.74 Å². The maximum Gasteiger partial charge on any atom is 0.573 e. The highest BCUT2D eigenvalue weighted by molar-refractivity contribution is 5.78. The smallest absolute Gasteiger partial charge is 0.406 e. The molecule has 5 rings (SSSR count). The van der Waals surface area contributed by atoms with E-state index in [0.29, 0.717) is 50.0 Å². The molecule has 0 radical (unpaired) electrons. The Hall–Kier alpha value is -3.32. The van der Waals surface area contributed by atoms with E-state index in [1.54, 1.807) is 28.8 Å². The van der Waals surface area contributed by atoms with Gasteiger partial charge in [-0.3, -0.25) is 9.69 Å². The van der Waals surface area contributed by atoms with E-state index in [2.05, 4.69) is 14.6 Å². The molecule has 2 aliphatic heterocycles. The number of aryl methyl sites for hydroxylation is 1. The molecule has 38 heavy (non-hydrogen) atoms. The van der Waals surface area contributed by atoms with Gasteiger partial charge in [-0.25, -0.2) is 9.78 Å². The summed E-state index contributed by atoms with van der Waals surface area (Å²) in [5.41, 5.74) is 0.468. The van der Waals surface area contributed by atoms with Crippen LogP contribution in [0.4, 0.5) is 18.0 Å². The average molecular weight is 538 g/mol. The van der Waals surface area contributed by atoms with Gasteiger partial charge in [0.15, 0.2) is 0 Å². The number of fused-ring (bicyclic) bond motifs is 1. The summed E-state index contributed by atoms with van der Waals surface area (Å²) < 4.78 is 49.1. The number of aliphatic hydroxyl groups excluding tert-OH is 1. The standard InChI is InChI=1S/C25H30F3N5O5/c1-30-13-22(29-15-30)37-24(36)33(8-16-3-2-4-18(7-16)38-25(26,27)28)12-21-19-10-31(11-20(19)21)14-23(35)32-6-5-17(34)9-32/h2-4,7,13,15,17,19-21,34H,5-6,8-12,14H2,1H3. The van der Waals surface area contributed by atoms with Crippen molar-refractivity contribution in [1.29, 1.82) is 0 Å². The molecular formula is C25H30F3N5O5. The number of carbonyl (C=O) groups excluding carboxylic acids is 2. The molecule has 1 N–H and O–H groups in total. The molecule has 206 valence electrons. The van der Waals surface area contributed by atoms with E-state index < -0.39 is 18.6 Å². The third kappa shape index (κ3) is 6.38. The minimum Gasteiger partial charge on any atom is -0.406 e. The maximum absolute atomic E-state index is 13.1. The van der Waals surface area contributed by atoms with Crippen LogP contribution in [0.1, 0.15) is 12.0 Å². The third-order valence-corrected chi connectivity index (χ3v) is 7.39. The molecule has 3 aliphatic rings. The van der Waals surface area contributed by atoms with Crippen LogP contribution in [0.3, 0.4) is 0 Å². The number of halogens is 3. The molecule has 1 aliphatic carbocycles. The Morgan fingerprint density at radius 2 is 1.97 bits per heavy atom. The zero-order valence-electron chi connectivity index (χ0n) is 20.9. The Labute approximate surface area is 217 Å². The molecule has 3 unspecified atom stereocenters. The van der Waals surface area contributed by atoms with Crippen LogP contribution in [0.5, 0.6) is 11.6 Å². The van der Waals surface area contributed by atoms with Crippen LogP contribution in [0.25, 0.3) is 0 Å². The van der Waals surface area contributed by atoms with E-state index in [9.17, 15) is 27.9 Å². The quantitative estimate of drug-likeness (QED) is 0.551. The number of hydrogen-bond acceptors (Lipinski definition) is 7. The van der Waals surface area contributed by atoms with Gasteiger partial charge in [0.2, 0.25) is 11.8 Å². The zero-order chi connectivity index (χ0) is 27.0. The normalized spacial score (nSPS) is 24.8. The molecule has 3 heterocycles. The number of nitrogens with zero attached hydrogens (tertiary/aromatic N) is 5. The van der Waals surface area contributed by atoms with E-state index in [1.807, 2.05) is 0 Å². The van der Waals surface area contributed by atoms with Gasteiger partial charge in [0.1, 0.15) is 5.75 Å². The summed E-state index contributed by atoms with van der Waals surface area (Å²) in [5.74, 6) is 0.613. The van der Waals surface area contributed by atoms with E-state index in [-0.39, 0.29) is 30.0 Å². The van der Waals surface area contributed by atoms with Crippen molar-refractivity contribution in [2.24, 2.45) is 24.8 Å². The van der Waals surface area contributed by atoms with Gasteiger partial charge in [-0.1, -0.05) is 12.1 Å². The zero-order valence-corrected chi connectivity index (χ0v) is 20.9. The first-order valence-electron chi connectivity index (χ1n) is 12.5. The summed E-state index contributed by atoms with van der Waals surface area (Å²) in [6, 6.07) is 5.53. The lowest BCUT2D eigenvalue weighted by atomic mass is 10.2. The van der Waals surface area contributed by atoms with Crippen molar-refractivity contribution in [1.82, 2.24) is 24.3 Å². The number of ether oxygens (including phenoxy) is 2. The molecule has 3 atom stereocenters. The second kappa shape index (κ2) is 10.4. The fraction of sp³-hybridized carbons (Fsp3) is 0.560. The summed E-state index contributed by atoms with van der Waals surface area (Å²) in [7, 11) is 1.74. The van der Waals surface area contributed by atoms with Gasteiger partial charge < -0.3 is 28.9 Å². The number of hydrogen-bond donors (Lipinski definition) is 1. The van der Waals surface area contributed by atoms with Crippen LogP contribution < -0.4 is 9.47 Å². The van der Waals surface area contributed by atoms with Gasteiger partial charge in [0, 0.05) is 46.3 Å². The third-order valence-electron chi connectivity index (χ3n) is 7.39. The number of β-amino-alcohol motifs (C(OH)–C–C–N with tert-alkyl or cyclic N) is 1. The summed E-state index contributed by atoms with van der Waals surface area (Å²) in [4.78, 5) is 34.9. The molecule has 2 amide bonds. The van der Waals surface area contributed by atoms with Crippen LogP contribution in [0.2, 0.25) is 0 Å². The van der Waals surface area contributed by atoms with Crippen molar-refractivity contribution in [3.63, 3.8) is 0 Å². The van der Waals surface area contributed by atoms with Gasteiger partial charge in [-0.2, -0.15) is 0 Å². The van der Waals surface area contributed by atoms with Crippen molar-refractivity contribution in [3.8, 4) is 11.6 Å². The topological polar surface area (TPSA) is 100 Å². The largest absolute Gasteiger partial charge is 0.573 e.